The van der Waals surface area contributed by atoms with Gasteiger partial charge in [-0.05, 0) is 25.1 Å². The van der Waals surface area contributed by atoms with E-state index in [1.54, 1.807) is 42.6 Å². The molecule has 0 aliphatic heterocycles. The maximum Gasteiger partial charge on any atom is 0.238 e. The highest BCUT2D eigenvalue weighted by atomic mass is 16.5. The summed E-state index contributed by atoms with van der Waals surface area (Å²) in [7, 11) is 0. The molecule has 2 aromatic rings. The number of carbonyl (C=O) groups excluding carboxylic acids is 1. The summed E-state index contributed by atoms with van der Waals surface area (Å²) in [5, 5.41) is 7.49. The Labute approximate surface area is 92.9 Å². The molecule has 2 rings (SSSR count). The Kier molecular flexibility index (Phi) is 2.91. The normalized spacial score (nSPS) is 9.81. The summed E-state index contributed by atoms with van der Waals surface area (Å²) in [5.41, 5.74) is 0.612. The Morgan fingerprint density at radius 1 is 1.25 bits per heavy atom. The first-order chi connectivity index (χ1) is 7.75. The lowest BCUT2D eigenvalue weighted by Gasteiger charge is -2.04. The van der Waals surface area contributed by atoms with Crippen molar-refractivity contribution in [3.05, 3.63) is 48.2 Å². The number of ether oxygens (including phenoxy) is 1. The minimum atomic E-state index is 0.00426. The van der Waals surface area contributed by atoms with Gasteiger partial charge in [-0.2, -0.15) is 5.10 Å². The van der Waals surface area contributed by atoms with E-state index in [2.05, 4.69) is 10.2 Å². The van der Waals surface area contributed by atoms with Crippen molar-refractivity contribution in [2.24, 2.45) is 0 Å². The van der Waals surface area contributed by atoms with E-state index in [0.29, 0.717) is 17.2 Å². The monoisotopic (exact) mass is 214 g/mol. The van der Waals surface area contributed by atoms with Crippen molar-refractivity contribution in [1.82, 2.24) is 10.2 Å². The molecular formula is C12H10N2O2. The van der Waals surface area contributed by atoms with E-state index in [9.17, 15) is 4.79 Å². The van der Waals surface area contributed by atoms with Crippen molar-refractivity contribution >= 4 is 5.78 Å². The molecule has 1 heterocycles. The van der Waals surface area contributed by atoms with E-state index in [4.69, 9.17) is 4.74 Å². The van der Waals surface area contributed by atoms with Gasteiger partial charge in [-0.15, -0.1) is 5.10 Å². The van der Waals surface area contributed by atoms with Gasteiger partial charge in [0.1, 0.15) is 5.75 Å². The first-order valence-corrected chi connectivity index (χ1v) is 4.82. The fourth-order valence-corrected chi connectivity index (χ4v) is 1.24. The number of benzene rings is 1. The summed E-state index contributed by atoms with van der Waals surface area (Å²) in [6, 6.07) is 10.4. The second-order valence-corrected chi connectivity index (χ2v) is 3.25. The van der Waals surface area contributed by atoms with Crippen LogP contribution in [0.25, 0.3) is 0 Å². The SMILES string of the molecule is CC(=O)c1cccc(Oc2cccnn2)c1. The Hall–Kier alpha value is -2.23. The summed E-state index contributed by atoms with van der Waals surface area (Å²) in [5.74, 6) is 0.987. The van der Waals surface area contributed by atoms with E-state index in [1.807, 2.05) is 0 Å². The van der Waals surface area contributed by atoms with Gasteiger partial charge in [-0.1, -0.05) is 12.1 Å². The van der Waals surface area contributed by atoms with Gasteiger partial charge in [0.25, 0.3) is 0 Å². The van der Waals surface area contributed by atoms with E-state index >= 15 is 0 Å². The van der Waals surface area contributed by atoms with Crippen molar-refractivity contribution in [2.45, 2.75) is 6.92 Å². The molecule has 4 nitrogen and oxygen atoms in total. The molecule has 0 radical (unpaired) electrons. The molecule has 0 N–H and O–H groups in total. The molecule has 0 saturated heterocycles. The highest BCUT2D eigenvalue weighted by molar-refractivity contribution is 5.94. The van der Waals surface area contributed by atoms with Crippen LogP contribution < -0.4 is 4.74 Å². The molecule has 0 bridgehead atoms. The summed E-state index contributed by atoms with van der Waals surface area (Å²) < 4.78 is 5.44. The Morgan fingerprint density at radius 3 is 2.81 bits per heavy atom. The molecule has 0 aliphatic carbocycles. The molecule has 0 unspecified atom stereocenters. The molecule has 0 atom stereocenters. The van der Waals surface area contributed by atoms with Gasteiger partial charge in [0.15, 0.2) is 5.78 Å². The number of hydrogen-bond acceptors (Lipinski definition) is 4. The van der Waals surface area contributed by atoms with Crippen molar-refractivity contribution in [2.75, 3.05) is 0 Å². The topological polar surface area (TPSA) is 52.1 Å². The first kappa shape index (κ1) is 10.3. The average molecular weight is 214 g/mol. The average Bonchev–Trinajstić information content (AvgIpc) is 2.30. The smallest absolute Gasteiger partial charge is 0.238 e. The van der Waals surface area contributed by atoms with Crippen LogP contribution in [0.1, 0.15) is 17.3 Å². The zero-order valence-electron chi connectivity index (χ0n) is 8.75. The molecule has 0 spiro atoms. The van der Waals surface area contributed by atoms with Crippen LogP contribution in [0, 0.1) is 0 Å². The number of nitrogens with zero attached hydrogens (tertiary/aromatic N) is 2. The van der Waals surface area contributed by atoms with Gasteiger partial charge in [0.05, 0.1) is 0 Å². The maximum absolute atomic E-state index is 11.2. The fraction of sp³-hybridized carbons (Fsp3) is 0.0833. The quantitative estimate of drug-likeness (QED) is 0.736. The minimum absolute atomic E-state index is 0.00426. The van der Waals surface area contributed by atoms with Crippen LogP contribution in [-0.4, -0.2) is 16.0 Å². The van der Waals surface area contributed by atoms with Crippen LogP contribution in [0.4, 0.5) is 0 Å². The minimum Gasteiger partial charge on any atom is -0.438 e. The highest BCUT2D eigenvalue weighted by Gasteiger charge is 2.02. The zero-order chi connectivity index (χ0) is 11.4. The molecule has 80 valence electrons. The Balaban J connectivity index is 2.22. The lowest BCUT2D eigenvalue weighted by Crippen LogP contribution is -1.93. The summed E-state index contributed by atoms with van der Waals surface area (Å²) >= 11 is 0. The third-order valence-corrected chi connectivity index (χ3v) is 2.01. The van der Waals surface area contributed by atoms with Crippen LogP contribution in [0.2, 0.25) is 0 Å². The van der Waals surface area contributed by atoms with Crippen LogP contribution in [0.5, 0.6) is 11.6 Å². The fourth-order valence-electron chi connectivity index (χ4n) is 1.24. The van der Waals surface area contributed by atoms with Crippen LogP contribution in [0.15, 0.2) is 42.6 Å². The lowest BCUT2D eigenvalue weighted by molar-refractivity contribution is 0.101. The molecular weight excluding hydrogens is 204 g/mol. The predicted octanol–water partition coefficient (Wildman–Crippen LogP) is 2.47. The third kappa shape index (κ3) is 2.42. The zero-order valence-corrected chi connectivity index (χ0v) is 8.75. The first-order valence-electron chi connectivity index (χ1n) is 4.82. The molecule has 1 aromatic heterocycles. The Bertz CT molecular complexity index is 497. The number of hydrogen-bond donors (Lipinski definition) is 0. The molecule has 4 heteroatoms. The molecule has 16 heavy (non-hydrogen) atoms. The molecule has 0 fully saturated rings. The van der Waals surface area contributed by atoms with Crippen molar-refractivity contribution in [3.63, 3.8) is 0 Å². The number of ketones is 1. The molecule has 0 amide bonds. The largest absolute Gasteiger partial charge is 0.438 e. The molecule has 0 saturated carbocycles. The number of carbonyl (C=O) groups is 1. The van der Waals surface area contributed by atoms with Crippen LogP contribution in [0.3, 0.4) is 0 Å². The van der Waals surface area contributed by atoms with E-state index in [-0.39, 0.29) is 5.78 Å². The van der Waals surface area contributed by atoms with Gasteiger partial charge in [-0.25, -0.2) is 0 Å². The maximum atomic E-state index is 11.2. The van der Waals surface area contributed by atoms with Crippen LogP contribution in [-0.2, 0) is 0 Å². The van der Waals surface area contributed by atoms with Crippen LogP contribution >= 0.6 is 0 Å². The van der Waals surface area contributed by atoms with Crippen molar-refractivity contribution < 1.29 is 9.53 Å². The second kappa shape index (κ2) is 4.53. The molecule has 1 aromatic carbocycles. The number of rotatable bonds is 3. The number of Topliss-reactive ketones (excluding diaryl/α,β-unsaturated/α-hetero) is 1. The second-order valence-electron chi connectivity index (χ2n) is 3.25. The lowest BCUT2D eigenvalue weighted by atomic mass is 10.1. The number of aromatic nitrogens is 2. The van der Waals surface area contributed by atoms with E-state index < -0.39 is 0 Å². The third-order valence-electron chi connectivity index (χ3n) is 2.01. The van der Waals surface area contributed by atoms with E-state index in [0.717, 1.165) is 0 Å². The van der Waals surface area contributed by atoms with E-state index in [1.165, 1.54) is 6.92 Å². The highest BCUT2D eigenvalue weighted by Crippen LogP contribution is 2.19. The summed E-state index contributed by atoms with van der Waals surface area (Å²) in [6.45, 7) is 1.52. The standard InChI is InChI=1S/C12H10N2O2/c1-9(15)10-4-2-5-11(8-10)16-12-6-3-7-13-14-12/h2-8H,1H3. The van der Waals surface area contributed by atoms with Gasteiger partial charge >= 0.3 is 0 Å². The van der Waals surface area contributed by atoms with Gasteiger partial charge in [-0.3, -0.25) is 4.79 Å². The van der Waals surface area contributed by atoms with Gasteiger partial charge in [0.2, 0.25) is 5.88 Å². The summed E-state index contributed by atoms with van der Waals surface area (Å²) in [4.78, 5) is 11.2. The predicted molar refractivity (Wildman–Crippen MR) is 58.6 cm³/mol. The summed E-state index contributed by atoms with van der Waals surface area (Å²) in [6.07, 6.45) is 1.57. The Morgan fingerprint density at radius 2 is 2.12 bits per heavy atom. The van der Waals surface area contributed by atoms with Crippen molar-refractivity contribution in [1.29, 1.82) is 0 Å². The van der Waals surface area contributed by atoms with Crippen molar-refractivity contribution in [3.8, 4) is 11.6 Å². The van der Waals surface area contributed by atoms with Gasteiger partial charge < -0.3 is 4.74 Å². The van der Waals surface area contributed by atoms with Gasteiger partial charge in [0, 0.05) is 17.8 Å². The molecule has 0 aliphatic rings.